The van der Waals surface area contributed by atoms with Crippen molar-refractivity contribution in [3.63, 3.8) is 0 Å². The molecular weight excluding hydrogens is 498 g/mol. The minimum absolute atomic E-state index is 0.359. The van der Waals surface area contributed by atoms with Crippen molar-refractivity contribution in [3.05, 3.63) is 71.8 Å². The molecule has 10 heteroatoms. The summed E-state index contributed by atoms with van der Waals surface area (Å²) >= 11 is 0. The van der Waals surface area contributed by atoms with Crippen LogP contribution in [0.3, 0.4) is 0 Å². The highest BCUT2D eigenvalue weighted by Crippen LogP contribution is 2.45. The van der Waals surface area contributed by atoms with Crippen LogP contribution in [0, 0.1) is 0 Å². The van der Waals surface area contributed by atoms with Gasteiger partial charge < -0.3 is 19.6 Å². The highest BCUT2D eigenvalue weighted by Gasteiger charge is 2.47. The molecule has 0 saturated heterocycles. The topological polar surface area (TPSA) is 139 Å². The van der Waals surface area contributed by atoms with Crippen LogP contribution in [-0.2, 0) is 21.2 Å². The molecule has 0 aliphatic carbocycles. The van der Waals surface area contributed by atoms with E-state index in [1.54, 1.807) is 0 Å². The van der Waals surface area contributed by atoms with Gasteiger partial charge in [-0.1, -0.05) is 88.4 Å². The van der Waals surface area contributed by atoms with Crippen LogP contribution in [0.2, 0.25) is 0 Å². The lowest BCUT2D eigenvalue weighted by molar-refractivity contribution is 0.110. The molecule has 0 unspecified atom stereocenters. The van der Waals surface area contributed by atoms with Gasteiger partial charge in [-0.3, -0.25) is 19.8 Å². The predicted molar refractivity (Wildman–Crippen MR) is 145 cm³/mol. The van der Waals surface area contributed by atoms with Crippen LogP contribution < -0.4 is 10.6 Å². The molecule has 0 heterocycles. The van der Waals surface area contributed by atoms with E-state index in [4.69, 9.17) is 0 Å². The summed E-state index contributed by atoms with van der Waals surface area (Å²) in [6.45, 7) is 7.58. The zero-order valence-electron chi connectivity index (χ0n) is 21.7. The first-order valence-electron chi connectivity index (χ1n) is 12.5. The largest absolute Gasteiger partial charge is 0.327 e. The average molecular weight is 541 g/mol. The summed E-state index contributed by atoms with van der Waals surface area (Å²) in [6, 6.07) is 19.3. The Bertz CT molecular complexity index is 989. The molecule has 0 aromatic heterocycles. The molecule has 0 amide bonds. The molecule has 2 aromatic rings. The van der Waals surface area contributed by atoms with Crippen molar-refractivity contribution < 1.29 is 28.7 Å². The minimum Gasteiger partial charge on any atom is -0.324 e. The van der Waals surface area contributed by atoms with Crippen LogP contribution >= 0.6 is 15.2 Å². The maximum absolute atomic E-state index is 12.3. The van der Waals surface area contributed by atoms with E-state index in [1.165, 1.54) is 0 Å². The summed E-state index contributed by atoms with van der Waals surface area (Å²) < 4.78 is 24.5. The van der Waals surface area contributed by atoms with Crippen molar-refractivity contribution >= 4 is 15.2 Å². The third kappa shape index (κ3) is 8.61. The molecule has 0 saturated carbocycles. The number of rotatable bonds is 15. The Morgan fingerprint density at radius 3 is 1.33 bits per heavy atom. The molecule has 0 radical (unpaired) electrons. The van der Waals surface area contributed by atoms with Gasteiger partial charge in [-0.25, -0.2) is 0 Å². The minimum atomic E-state index is -4.39. The Hall–Kier alpha value is -1.34. The molecular formula is C26H42N2O6P2. The molecule has 0 fully saturated rings. The second-order valence-corrected chi connectivity index (χ2v) is 13.1. The van der Waals surface area contributed by atoms with E-state index in [2.05, 4.69) is 10.6 Å². The average Bonchev–Trinajstić information content (AvgIpc) is 2.82. The summed E-state index contributed by atoms with van der Waals surface area (Å²) in [5, 5.41) is 7.31. The van der Waals surface area contributed by atoms with E-state index in [-0.39, 0.29) is 12.3 Å². The molecule has 0 spiro atoms. The maximum Gasteiger partial charge on any atom is 0.327 e. The van der Waals surface area contributed by atoms with Crippen LogP contribution in [0.15, 0.2) is 60.7 Å². The van der Waals surface area contributed by atoms with Gasteiger partial charge in [-0.05, 0) is 36.8 Å². The molecule has 0 aliphatic heterocycles. The summed E-state index contributed by atoms with van der Waals surface area (Å²) in [5.41, 5.74) is -1.16. The van der Waals surface area contributed by atoms with Crippen LogP contribution in [0.5, 0.6) is 0 Å². The van der Waals surface area contributed by atoms with Crippen LogP contribution in [0.1, 0.15) is 64.5 Å². The third-order valence-corrected chi connectivity index (χ3v) is 9.29. The lowest BCUT2D eigenvalue weighted by Gasteiger charge is -2.51. The first kappa shape index (κ1) is 30.9. The van der Waals surface area contributed by atoms with Gasteiger partial charge >= 0.3 is 15.2 Å². The Morgan fingerprint density at radius 1 is 0.639 bits per heavy atom. The van der Waals surface area contributed by atoms with E-state index in [1.807, 2.05) is 88.4 Å². The molecule has 202 valence electrons. The molecule has 6 N–H and O–H groups in total. The Labute approximate surface area is 215 Å². The zero-order chi connectivity index (χ0) is 27.1. The van der Waals surface area contributed by atoms with Crippen LogP contribution in [0.4, 0.5) is 0 Å². The third-order valence-electron chi connectivity index (χ3n) is 7.26. The first-order chi connectivity index (χ1) is 16.8. The first-order valence-corrected chi connectivity index (χ1v) is 16.1. The maximum atomic E-state index is 12.3. The van der Waals surface area contributed by atoms with E-state index in [0.717, 1.165) is 11.1 Å². The van der Waals surface area contributed by atoms with Gasteiger partial charge in [-0.15, -0.1) is 0 Å². The van der Waals surface area contributed by atoms with Crippen LogP contribution in [0.25, 0.3) is 0 Å². The van der Waals surface area contributed by atoms with E-state index in [0.29, 0.717) is 32.1 Å². The summed E-state index contributed by atoms with van der Waals surface area (Å²) in [5.74, 6) is 0. The summed E-state index contributed by atoms with van der Waals surface area (Å²) in [6.07, 6.45) is 1.47. The molecule has 0 aliphatic rings. The van der Waals surface area contributed by atoms with Crippen molar-refractivity contribution in [3.8, 4) is 0 Å². The van der Waals surface area contributed by atoms with Gasteiger partial charge in [0.25, 0.3) is 0 Å². The van der Waals surface area contributed by atoms with Crippen molar-refractivity contribution in [1.82, 2.24) is 10.6 Å². The SMILES string of the molecule is CCC(CC)(CP(=O)(O)O)NC(Cc1ccccc1)(NC(CC)(CC)CP(=O)(O)O)c1ccccc1. The molecule has 8 nitrogen and oxygen atoms in total. The molecule has 0 atom stereocenters. The van der Waals surface area contributed by atoms with Gasteiger partial charge in [0.1, 0.15) is 0 Å². The van der Waals surface area contributed by atoms with E-state index < -0.39 is 31.9 Å². The lowest BCUT2D eigenvalue weighted by atomic mass is 9.82. The fraction of sp³-hybridized carbons (Fsp3) is 0.538. The van der Waals surface area contributed by atoms with Crippen molar-refractivity contribution in [2.75, 3.05) is 12.3 Å². The normalized spacial score (nSPS) is 13.7. The molecule has 0 bridgehead atoms. The fourth-order valence-corrected chi connectivity index (χ4v) is 7.69. The fourth-order valence-electron chi connectivity index (χ4n) is 5.06. The van der Waals surface area contributed by atoms with Crippen molar-refractivity contribution in [2.24, 2.45) is 0 Å². The summed E-state index contributed by atoms with van der Waals surface area (Å²) in [4.78, 5) is 40.0. The monoisotopic (exact) mass is 540 g/mol. The van der Waals surface area contributed by atoms with Gasteiger partial charge in [0.05, 0.1) is 18.0 Å². The smallest absolute Gasteiger partial charge is 0.324 e. The zero-order valence-corrected chi connectivity index (χ0v) is 23.5. The quantitative estimate of drug-likeness (QED) is 0.141. The van der Waals surface area contributed by atoms with Gasteiger partial charge in [0.15, 0.2) is 0 Å². The number of hydrogen-bond donors (Lipinski definition) is 6. The standard InChI is InChI=1S/C26H42N2O6P2/c1-5-24(6-2,20-35(29,30)31)27-26(23-17-13-10-14-18-23,19-22-15-11-9-12-16-22)28-25(7-3,8-4)21-36(32,33)34/h9-18,27-28H,5-8,19-21H2,1-4H3,(H2,29,30,31)(H2,32,33,34). The summed E-state index contributed by atoms with van der Waals surface area (Å²) in [7, 11) is -8.79. The van der Waals surface area contributed by atoms with Crippen molar-refractivity contribution in [2.45, 2.75) is 76.5 Å². The Morgan fingerprint density at radius 2 is 1.00 bits per heavy atom. The number of hydrogen-bond acceptors (Lipinski definition) is 4. The number of benzene rings is 2. The highest BCUT2D eigenvalue weighted by molar-refractivity contribution is 7.52. The van der Waals surface area contributed by atoms with E-state index >= 15 is 0 Å². The molecule has 2 rings (SSSR count). The van der Waals surface area contributed by atoms with Gasteiger partial charge in [0, 0.05) is 17.5 Å². The molecule has 2 aromatic carbocycles. The van der Waals surface area contributed by atoms with Crippen LogP contribution in [-0.4, -0.2) is 43.0 Å². The molecule has 36 heavy (non-hydrogen) atoms. The van der Waals surface area contributed by atoms with Gasteiger partial charge in [-0.2, -0.15) is 0 Å². The Kier molecular flexibility index (Phi) is 10.7. The van der Waals surface area contributed by atoms with Gasteiger partial charge in [0.2, 0.25) is 0 Å². The van der Waals surface area contributed by atoms with E-state index in [9.17, 15) is 28.7 Å². The Balaban J connectivity index is 2.82. The number of nitrogens with one attached hydrogen (secondary N) is 2. The predicted octanol–water partition coefficient (Wildman–Crippen LogP) is 4.73. The highest BCUT2D eigenvalue weighted by atomic mass is 31.2. The lowest BCUT2D eigenvalue weighted by Crippen LogP contribution is -2.70. The van der Waals surface area contributed by atoms with Crippen molar-refractivity contribution in [1.29, 1.82) is 0 Å². The second-order valence-electron chi connectivity index (χ2n) is 9.80. The second kappa shape index (κ2) is 12.5.